The first kappa shape index (κ1) is 13.9. The molecule has 0 fully saturated rings. The Morgan fingerprint density at radius 1 is 1.20 bits per heavy atom. The van der Waals surface area contributed by atoms with Gasteiger partial charge in [-0.25, -0.2) is 0 Å². The van der Waals surface area contributed by atoms with Crippen molar-refractivity contribution in [2.45, 2.75) is 0 Å². The van der Waals surface area contributed by atoms with Crippen molar-refractivity contribution in [2.24, 2.45) is 0 Å². The van der Waals surface area contributed by atoms with Gasteiger partial charge >= 0.3 is 0 Å². The van der Waals surface area contributed by atoms with Crippen LogP contribution >= 0.6 is 12.4 Å². The van der Waals surface area contributed by atoms with E-state index in [1.54, 1.807) is 4.90 Å². The van der Waals surface area contributed by atoms with E-state index in [1.165, 1.54) is 12.3 Å². The molecule has 0 amide bonds. The van der Waals surface area contributed by atoms with Crippen LogP contribution in [0.15, 0.2) is 12.3 Å². The molecule has 0 aliphatic carbocycles. The van der Waals surface area contributed by atoms with Gasteiger partial charge in [0, 0.05) is 19.2 Å². The van der Waals surface area contributed by atoms with Crippen molar-refractivity contribution in [3.05, 3.63) is 12.3 Å². The van der Waals surface area contributed by atoms with Crippen LogP contribution in [-0.2, 0) is 0 Å². The highest BCUT2D eigenvalue weighted by atomic mass is 35.5. The zero-order chi connectivity index (χ0) is 10.4. The molecule has 1 aromatic rings. The Kier molecular flexibility index (Phi) is 6.68. The van der Waals surface area contributed by atoms with Crippen molar-refractivity contribution >= 4 is 18.1 Å². The summed E-state index contributed by atoms with van der Waals surface area (Å²) in [6, 6.07) is 1.43. The minimum absolute atomic E-state index is 0. The molecule has 0 spiro atoms. The average molecular weight is 236 g/mol. The SMILES string of the molecule is Cl.OCCN(CCO)c1cnnc(O)c1. The predicted molar refractivity (Wildman–Crippen MR) is 57.3 cm³/mol. The molecule has 0 aliphatic heterocycles. The molecular formula is C8H14ClN3O3. The van der Waals surface area contributed by atoms with Crippen molar-refractivity contribution in [3.63, 3.8) is 0 Å². The van der Waals surface area contributed by atoms with E-state index in [9.17, 15) is 0 Å². The first-order valence-corrected chi connectivity index (χ1v) is 4.26. The van der Waals surface area contributed by atoms with Crippen LogP contribution in [0.5, 0.6) is 5.88 Å². The number of hydrogen-bond acceptors (Lipinski definition) is 6. The number of nitrogens with zero attached hydrogens (tertiary/aromatic N) is 3. The van der Waals surface area contributed by atoms with Crippen LogP contribution in [0.1, 0.15) is 0 Å². The molecule has 1 heterocycles. The molecule has 0 radical (unpaired) electrons. The summed E-state index contributed by atoms with van der Waals surface area (Å²) in [5.41, 5.74) is 0.626. The Hall–Kier alpha value is -1.11. The minimum Gasteiger partial charge on any atom is -0.492 e. The van der Waals surface area contributed by atoms with Crippen LogP contribution in [-0.4, -0.2) is 51.8 Å². The first-order chi connectivity index (χ1) is 6.77. The Balaban J connectivity index is 0.00000196. The summed E-state index contributed by atoms with van der Waals surface area (Å²) in [7, 11) is 0. The molecule has 0 aliphatic rings. The summed E-state index contributed by atoms with van der Waals surface area (Å²) < 4.78 is 0. The van der Waals surface area contributed by atoms with Gasteiger partial charge in [-0.05, 0) is 0 Å². The van der Waals surface area contributed by atoms with Crippen LogP contribution in [0.2, 0.25) is 0 Å². The summed E-state index contributed by atoms with van der Waals surface area (Å²) in [6.07, 6.45) is 1.46. The summed E-state index contributed by atoms with van der Waals surface area (Å²) in [4.78, 5) is 1.70. The quantitative estimate of drug-likeness (QED) is 0.631. The van der Waals surface area contributed by atoms with E-state index < -0.39 is 0 Å². The number of anilines is 1. The third-order valence-corrected chi connectivity index (χ3v) is 1.73. The van der Waals surface area contributed by atoms with Gasteiger partial charge in [-0.1, -0.05) is 0 Å². The molecule has 0 aromatic carbocycles. The highest BCUT2D eigenvalue weighted by Crippen LogP contribution is 2.15. The van der Waals surface area contributed by atoms with E-state index in [0.717, 1.165) is 0 Å². The fourth-order valence-corrected chi connectivity index (χ4v) is 1.13. The number of aromatic hydroxyl groups is 1. The van der Waals surface area contributed by atoms with Gasteiger partial charge in [0.05, 0.1) is 25.1 Å². The van der Waals surface area contributed by atoms with Crippen molar-refractivity contribution in [2.75, 3.05) is 31.2 Å². The molecule has 0 atom stereocenters. The summed E-state index contributed by atoms with van der Waals surface area (Å²) in [5, 5.41) is 33.6. The molecule has 1 aromatic heterocycles. The smallest absolute Gasteiger partial charge is 0.233 e. The molecule has 0 unspecified atom stereocenters. The molecule has 0 saturated heterocycles. The van der Waals surface area contributed by atoms with E-state index in [0.29, 0.717) is 18.8 Å². The van der Waals surface area contributed by atoms with Crippen LogP contribution < -0.4 is 4.90 Å². The van der Waals surface area contributed by atoms with Crippen molar-refractivity contribution in [1.82, 2.24) is 10.2 Å². The summed E-state index contributed by atoms with van der Waals surface area (Å²) in [5.74, 6) is -0.177. The highest BCUT2D eigenvalue weighted by Gasteiger charge is 2.06. The molecule has 86 valence electrons. The second kappa shape index (κ2) is 7.22. The van der Waals surface area contributed by atoms with Crippen molar-refractivity contribution in [1.29, 1.82) is 0 Å². The highest BCUT2D eigenvalue weighted by molar-refractivity contribution is 5.85. The fraction of sp³-hybridized carbons (Fsp3) is 0.500. The molecule has 7 heteroatoms. The normalized spacial score (nSPS) is 9.47. The van der Waals surface area contributed by atoms with Crippen molar-refractivity contribution < 1.29 is 15.3 Å². The Morgan fingerprint density at radius 2 is 1.80 bits per heavy atom. The second-order valence-corrected chi connectivity index (χ2v) is 2.71. The maximum Gasteiger partial charge on any atom is 0.233 e. The molecule has 6 nitrogen and oxygen atoms in total. The van der Waals surface area contributed by atoms with E-state index in [-0.39, 0.29) is 31.5 Å². The molecule has 3 N–H and O–H groups in total. The van der Waals surface area contributed by atoms with Crippen LogP contribution in [0.4, 0.5) is 5.69 Å². The van der Waals surface area contributed by atoms with Gasteiger partial charge in [-0.3, -0.25) is 0 Å². The van der Waals surface area contributed by atoms with Crippen LogP contribution in [0, 0.1) is 0 Å². The van der Waals surface area contributed by atoms with Gasteiger partial charge in [-0.15, -0.1) is 17.5 Å². The Labute approximate surface area is 93.6 Å². The van der Waals surface area contributed by atoms with Gasteiger partial charge in [-0.2, -0.15) is 5.10 Å². The first-order valence-electron chi connectivity index (χ1n) is 4.26. The lowest BCUT2D eigenvalue weighted by atomic mass is 10.3. The summed E-state index contributed by atoms with van der Waals surface area (Å²) >= 11 is 0. The maximum absolute atomic E-state index is 9.07. The van der Waals surface area contributed by atoms with E-state index in [4.69, 9.17) is 15.3 Å². The zero-order valence-electron chi connectivity index (χ0n) is 8.07. The van der Waals surface area contributed by atoms with Crippen molar-refractivity contribution in [3.8, 4) is 5.88 Å². The fourth-order valence-electron chi connectivity index (χ4n) is 1.13. The predicted octanol–water partition coefficient (Wildman–Crippen LogP) is -0.605. The number of aliphatic hydroxyl groups excluding tert-OH is 2. The lowest BCUT2D eigenvalue weighted by molar-refractivity contribution is 0.281. The van der Waals surface area contributed by atoms with Crippen LogP contribution in [0.25, 0.3) is 0 Å². The topological polar surface area (TPSA) is 89.7 Å². The van der Waals surface area contributed by atoms with Gasteiger partial charge in [0.1, 0.15) is 0 Å². The van der Waals surface area contributed by atoms with E-state index in [2.05, 4.69) is 10.2 Å². The number of aromatic nitrogens is 2. The monoisotopic (exact) mass is 235 g/mol. The molecule has 0 saturated carbocycles. The lowest BCUT2D eigenvalue weighted by Gasteiger charge is -2.21. The number of rotatable bonds is 5. The standard InChI is InChI=1S/C8H13N3O3.ClH/c12-3-1-11(2-4-13)7-5-8(14)10-9-6-7;/h5-6,12-13H,1-4H2,(H,10,14);1H. The molecular weight excluding hydrogens is 222 g/mol. The molecule has 0 bridgehead atoms. The average Bonchev–Trinajstić information content (AvgIpc) is 2.17. The largest absolute Gasteiger partial charge is 0.492 e. The molecule has 1 rings (SSSR count). The van der Waals surface area contributed by atoms with E-state index >= 15 is 0 Å². The summed E-state index contributed by atoms with van der Waals surface area (Å²) in [6.45, 7) is 0.712. The minimum atomic E-state index is -0.177. The second-order valence-electron chi connectivity index (χ2n) is 2.71. The van der Waals surface area contributed by atoms with Gasteiger partial charge < -0.3 is 20.2 Å². The third kappa shape index (κ3) is 4.28. The van der Waals surface area contributed by atoms with E-state index in [1.807, 2.05) is 0 Å². The maximum atomic E-state index is 9.07. The number of hydrogen-bond donors (Lipinski definition) is 3. The Bertz CT molecular complexity index is 282. The Morgan fingerprint density at radius 3 is 2.27 bits per heavy atom. The number of aliphatic hydroxyl groups is 2. The van der Waals surface area contributed by atoms with Crippen LogP contribution in [0.3, 0.4) is 0 Å². The van der Waals surface area contributed by atoms with Gasteiger partial charge in [0.15, 0.2) is 0 Å². The molecule has 15 heavy (non-hydrogen) atoms. The lowest BCUT2D eigenvalue weighted by Crippen LogP contribution is -2.29. The zero-order valence-corrected chi connectivity index (χ0v) is 8.89. The van der Waals surface area contributed by atoms with Gasteiger partial charge in [0.2, 0.25) is 5.88 Å². The third-order valence-electron chi connectivity index (χ3n) is 1.73. The van der Waals surface area contributed by atoms with Gasteiger partial charge in [0.25, 0.3) is 0 Å². The number of halogens is 1.